The van der Waals surface area contributed by atoms with Gasteiger partial charge in [0, 0.05) is 10.9 Å². The van der Waals surface area contributed by atoms with Crippen LogP contribution in [-0.4, -0.2) is 43.2 Å². The Morgan fingerprint density at radius 1 is 1.14 bits per heavy atom. The van der Waals surface area contributed by atoms with Gasteiger partial charge >= 0.3 is 0 Å². The molecule has 2 aromatic carbocycles. The van der Waals surface area contributed by atoms with Crippen LogP contribution in [0.2, 0.25) is 18.1 Å². The van der Waals surface area contributed by atoms with E-state index in [0.29, 0.717) is 40.9 Å². The van der Waals surface area contributed by atoms with Gasteiger partial charge < -0.3 is 18.3 Å². The zero-order valence-corrected chi connectivity index (χ0v) is 26.8. The summed E-state index contributed by atoms with van der Waals surface area (Å²) in [6.07, 6.45) is 5.24. The minimum absolute atomic E-state index is 0.117. The second-order valence-corrected chi connectivity index (χ2v) is 18.2. The van der Waals surface area contributed by atoms with Crippen LogP contribution in [-0.2, 0) is 11.0 Å². The number of thiophene rings is 1. The maximum absolute atomic E-state index is 14.3. The minimum atomic E-state index is -1.87. The van der Waals surface area contributed by atoms with Crippen molar-refractivity contribution in [2.45, 2.75) is 64.2 Å². The van der Waals surface area contributed by atoms with Gasteiger partial charge in [-0.1, -0.05) is 32.9 Å². The summed E-state index contributed by atoms with van der Waals surface area (Å²) in [4.78, 5) is 24.2. The predicted molar refractivity (Wildman–Crippen MR) is 170 cm³/mol. The molecule has 42 heavy (non-hydrogen) atoms. The Bertz CT molecular complexity index is 1800. The predicted octanol–water partition coefficient (Wildman–Crippen LogP) is 7.60. The lowest BCUT2D eigenvalue weighted by Gasteiger charge is -2.36. The highest BCUT2D eigenvalue weighted by atomic mass is 32.1. The van der Waals surface area contributed by atoms with Gasteiger partial charge in [-0.05, 0) is 66.7 Å². The topological polar surface area (TPSA) is 88.6 Å². The van der Waals surface area contributed by atoms with Crippen molar-refractivity contribution < 1.29 is 18.3 Å². The van der Waals surface area contributed by atoms with Gasteiger partial charge in [-0.25, -0.2) is 9.97 Å². The molecule has 0 spiro atoms. The van der Waals surface area contributed by atoms with E-state index in [0.717, 1.165) is 45.6 Å². The van der Waals surface area contributed by atoms with Crippen LogP contribution in [0.1, 0.15) is 50.9 Å². The summed E-state index contributed by atoms with van der Waals surface area (Å²) in [6, 6.07) is 11.9. The SMILES string of the molecule is COc1ccc(-c2nc3sc4c(OCCO[Si](C)(C)C(C)(C)C)cccc4c3c(=O)n2Cc2cnco2)c(C2CC2)c1. The molecule has 220 valence electrons. The van der Waals surface area contributed by atoms with Crippen molar-refractivity contribution in [2.24, 2.45) is 0 Å². The molecule has 8 nitrogen and oxygen atoms in total. The molecule has 10 heteroatoms. The third-order valence-corrected chi connectivity index (χ3v) is 14.2. The van der Waals surface area contributed by atoms with Gasteiger partial charge in [0.1, 0.15) is 34.5 Å². The molecule has 0 bridgehead atoms. The Morgan fingerprint density at radius 3 is 2.64 bits per heavy atom. The maximum Gasteiger partial charge on any atom is 0.263 e. The third-order valence-electron chi connectivity index (χ3n) is 8.51. The first kappa shape index (κ1) is 28.6. The summed E-state index contributed by atoms with van der Waals surface area (Å²) < 4.78 is 26.3. The Balaban J connectivity index is 1.43. The molecule has 1 aliphatic carbocycles. The lowest BCUT2D eigenvalue weighted by Crippen LogP contribution is -2.41. The van der Waals surface area contributed by atoms with Gasteiger partial charge in [0.15, 0.2) is 14.7 Å². The Hall–Kier alpha value is -3.47. The van der Waals surface area contributed by atoms with Crippen molar-refractivity contribution in [3.8, 4) is 22.9 Å². The van der Waals surface area contributed by atoms with Gasteiger partial charge in [0.2, 0.25) is 0 Å². The smallest absolute Gasteiger partial charge is 0.263 e. The van der Waals surface area contributed by atoms with Crippen LogP contribution in [0.5, 0.6) is 11.5 Å². The van der Waals surface area contributed by atoms with E-state index >= 15 is 0 Å². The molecule has 0 atom stereocenters. The number of benzene rings is 2. The second-order valence-electron chi connectivity index (χ2n) is 12.4. The average molecular weight is 604 g/mol. The first-order valence-electron chi connectivity index (χ1n) is 14.4. The summed E-state index contributed by atoms with van der Waals surface area (Å²) >= 11 is 1.49. The van der Waals surface area contributed by atoms with E-state index in [-0.39, 0.29) is 17.1 Å². The molecule has 0 radical (unpaired) electrons. The largest absolute Gasteiger partial charge is 0.497 e. The molecule has 1 fully saturated rings. The van der Waals surface area contributed by atoms with Gasteiger partial charge in [0.25, 0.3) is 5.56 Å². The van der Waals surface area contributed by atoms with Crippen molar-refractivity contribution in [1.82, 2.24) is 14.5 Å². The fraction of sp³-hybridized carbons (Fsp3) is 0.406. The summed E-state index contributed by atoms with van der Waals surface area (Å²) in [5, 5.41) is 1.56. The Kier molecular flexibility index (Phi) is 7.49. The molecule has 0 aliphatic heterocycles. The van der Waals surface area contributed by atoms with E-state index in [2.05, 4.69) is 44.9 Å². The number of methoxy groups -OCH3 is 1. The van der Waals surface area contributed by atoms with Crippen molar-refractivity contribution in [1.29, 1.82) is 0 Å². The fourth-order valence-corrected chi connectivity index (χ4v) is 7.12. The molecule has 3 aromatic heterocycles. The summed E-state index contributed by atoms with van der Waals surface area (Å²) in [6.45, 7) is 12.4. The van der Waals surface area contributed by atoms with Crippen molar-refractivity contribution >= 4 is 40.0 Å². The Labute approximate surface area is 250 Å². The van der Waals surface area contributed by atoms with Crippen LogP contribution in [0.3, 0.4) is 0 Å². The molecule has 1 saturated carbocycles. The summed E-state index contributed by atoms with van der Waals surface area (Å²) in [7, 11) is -0.196. The van der Waals surface area contributed by atoms with Crippen molar-refractivity contribution in [2.75, 3.05) is 20.3 Å². The van der Waals surface area contributed by atoms with E-state index in [1.165, 1.54) is 17.7 Å². The second kappa shape index (κ2) is 11.0. The molecule has 0 amide bonds. The van der Waals surface area contributed by atoms with Gasteiger partial charge in [-0.15, -0.1) is 11.3 Å². The van der Waals surface area contributed by atoms with Crippen LogP contribution in [0.15, 0.2) is 58.2 Å². The number of aromatic nitrogens is 3. The van der Waals surface area contributed by atoms with Crippen molar-refractivity contribution in [3.05, 3.63) is 70.7 Å². The lowest BCUT2D eigenvalue weighted by molar-refractivity contribution is 0.205. The molecule has 5 aromatic rings. The quantitative estimate of drug-likeness (QED) is 0.120. The van der Waals surface area contributed by atoms with Crippen LogP contribution in [0.25, 0.3) is 31.7 Å². The Morgan fingerprint density at radius 2 is 1.95 bits per heavy atom. The molecular weight excluding hydrogens is 567 g/mol. The van der Waals surface area contributed by atoms with E-state index in [9.17, 15) is 4.79 Å². The summed E-state index contributed by atoms with van der Waals surface area (Å²) in [5.74, 6) is 3.17. The van der Waals surface area contributed by atoms with Crippen LogP contribution >= 0.6 is 11.3 Å². The molecule has 3 heterocycles. The van der Waals surface area contributed by atoms with E-state index in [4.69, 9.17) is 23.3 Å². The lowest BCUT2D eigenvalue weighted by atomic mass is 10.0. The molecule has 0 unspecified atom stereocenters. The van der Waals surface area contributed by atoms with Crippen LogP contribution in [0, 0.1) is 0 Å². The first-order chi connectivity index (χ1) is 20.1. The first-order valence-corrected chi connectivity index (χ1v) is 18.1. The van der Waals surface area contributed by atoms with Crippen LogP contribution < -0.4 is 15.0 Å². The zero-order valence-electron chi connectivity index (χ0n) is 25.0. The standard InChI is InChI=1S/C32H37N3O5SSi/c1-32(2,3)42(5,6)40-15-14-38-26-9-7-8-24-27-30(41-28(24)26)34-29(35(31(27)36)18-22-17-33-19-39-22)23-13-12-21(37-4)16-25(23)20-10-11-20/h7-9,12-13,16-17,19-20H,10-11,14-15,18H2,1-6H3. The van der Waals surface area contributed by atoms with Gasteiger partial charge in [0.05, 0.1) is 36.5 Å². The number of hydrogen-bond donors (Lipinski definition) is 0. The van der Waals surface area contributed by atoms with E-state index < -0.39 is 8.32 Å². The third kappa shape index (κ3) is 5.39. The highest BCUT2D eigenvalue weighted by Gasteiger charge is 2.37. The number of fused-ring (bicyclic) bond motifs is 3. The normalized spacial score (nSPS) is 14.1. The maximum atomic E-state index is 14.3. The molecule has 1 aliphatic rings. The molecular formula is C32H37N3O5SSi. The van der Waals surface area contributed by atoms with E-state index in [1.807, 2.05) is 30.3 Å². The monoisotopic (exact) mass is 603 g/mol. The number of hydrogen-bond acceptors (Lipinski definition) is 8. The molecule has 0 saturated heterocycles. The number of ether oxygens (including phenoxy) is 2. The minimum Gasteiger partial charge on any atom is -0.497 e. The van der Waals surface area contributed by atoms with Crippen molar-refractivity contribution in [3.63, 3.8) is 0 Å². The number of oxazole rings is 1. The highest BCUT2D eigenvalue weighted by molar-refractivity contribution is 7.25. The van der Waals surface area contributed by atoms with Gasteiger partial charge in [-0.2, -0.15) is 0 Å². The average Bonchev–Trinajstić information content (AvgIpc) is 3.54. The molecule has 0 N–H and O–H groups in total. The number of nitrogens with zero attached hydrogens (tertiary/aromatic N) is 3. The van der Waals surface area contributed by atoms with Crippen LogP contribution in [0.4, 0.5) is 0 Å². The molecule has 6 rings (SSSR count). The van der Waals surface area contributed by atoms with Gasteiger partial charge in [-0.3, -0.25) is 9.36 Å². The van der Waals surface area contributed by atoms with E-state index in [1.54, 1.807) is 17.9 Å². The zero-order chi connectivity index (χ0) is 29.6. The summed E-state index contributed by atoms with van der Waals surface area (Å²) in [5.41, 5.74) is 1.97. The fourth-order valence-electron chi connectivity index (χ4n) is 4.96. The number of rotatable bonds is 10. The highest BCUT2D eigenvalue weighted by Crippen LogP contribution is 2.46.